The number of carbonyl (C=O) groups excluding carboxylic acids is 1. The Morgan fingerprint density at radius 1 is 1.50 bits per heavy atom. The van der Waals surface area contributed by atoms with Crippen molar-refractivity contribution in [2.24, 2.45) is 0 Å². The van der Waals surface area contributed by atoms with Crippen molar-refractivity contribution in [2.75, 3.05) is 17.8 Å². The van der Waals surface area contributed by atoms with E-state index in [4.69, 9.17) is 16.3 Å². The molecule has 1 N–H and O–H groups in total. The van der Waals surface area contributed by atoms with Crippen LogP contribution in [0.4, 0.5) is 5.69 Å². The van der Waals surface area contributed by atoms with E-state index in [1.54, 1.807) is 0 Å². The lowest BCUT2D eigenvalue weighted by Gasteiger charge is -2.11. The Hall–Kier alpha value is -1.22. The van der Waals surface area contributed by atoms with E-state index >= 15 is 0 Å². The van der Waals surface area contributed by atoms with E-state index < -0.39 is 0 Å². The largest absolute Gasteiger partial charge is 0.492 e. The van der Waals surface area contributed by atoms with Crippen LogP contribution in [0.3, 0.4) is 0 Å². The number of aryl methyl sites for hydroxylation is 1. The van der Waals surface area contributed by atoms with Gasteiger partial charge < -0.3 is 10.1 Å². The average molecular weight is 242 g/mol. The van der Waals surface area contributed by atoms with Gasteiger partial charge >= 0.3 is 0 Å². The number of amides is 1. The van der Waals surface area contributed by atoms with Gasteiger partial charge in [-0.15, -0.1) is 11.6 Å². The SMILES string of the molecule is CCOc1cc(C)ccc1NC(=O)CCCl. The Morgan fingerprint density at radius 2 is 2.25 bits per heavy atom. The molecule has 0 aliphatic carbocycles. The third-order valence-electron chi connectivity index (χ3n) is 2.03. The first-order chi connectivity index (χ1) is 7.67. The zero-order chi connectivity index (χ0) is 12.0. The van der Waals surface area contributed by atoms with Crippen LogP contribution in [0.1, 0.15) is 18.9 Å². The van der Waals surface area contributed by atoms with Gasteiger partial charge in [-0.1, -0.05) is 6.07 Å². The molecular formula is C12H16ClNO2. The summed E-state index contributed by atoms with van der Waals surface area (Å²) in [6, 6.07) is 5.67. The summed E-state index contributed by atoms with van der Waals surface area (Å²) in [6.07, 6.45) is 0.307. The number of ether oxygens (including phenoxy) is 1. The number of alkyl halides is 1. The van der Waals surface area contributed by atoms with Crippen LogP contribution in [0, 0.1) is 6.92 Å². The van der Waals surface area contributed by atoms with Crippen LogP contribution >= 0.6 is 11.6 Å². The second-order valence-electron chi connectivity index (χ2n) is 3.42. The van der Waals surface area contributed by atoms with E-state index in [-0.39, 0.29) is 5.91 Å². The highest BCUT2D eigenvalue weighted by molar-refractivity contribution is 6.19. The highest BCUT2D eigenvalue weighted by Crippen LogP contribution is 2.25. The molecule has 0 fully saturated rings. The molecule has 88 valence electrons. The molecular weight excluding hydrogens is 226 g/mol. The minimum absolute atomic E-state index is 0.0974. The molecule has 0 radical (unpaired) electrons. The lowest BCUT2D eigenvalue weighted by Crippen LogP contribution is -2.12. The molecule has 0 aliphatic heterocycles. The van der Waals surface area contributed by atoms with E-state index in [0.717, 1.165) is 5.56 Å². The Bertz CT molecular complexity index is 366. The van der Waals surface area contributed by atoms with Crippen LogP contribution in [0.15, 0.2) is 18.2 Å². The number of rotatable bonds is 5. The molecule has 0 saturated heterocycles. The molecule has 1 amide bonds. The van der Waals surface area contributed by atoms with Crippen molar-refractivity contribution >= 4 is 23.2 Å². The number of nitrogens with one attached hydrogen (secondary N) is 1. The minimum atomic E-state index is -0.0974. The third-order valence-corrected chi connectivity index (χ3v) is 2.22. The third kappa shape index (κ3) is 3.74. The summed E-state index contributed by atoms with van der Waals surface area (Å²) in [5.74, 6) is 0.923. The normalized spacial score (nSPS) is 9.94. The summed E-state index contributed by atoms with van der Waals surface area (Å²) in [5, 5.41) is 2.78. The van der Waals surface area contributed by atoms with Gasteiger partial charge in [-0.25, -0.2) is 0 Å². The van der Waals surface area contributed by atoms with E-state index in [2.05, 4.69) is 5.32 Å². The van der Waals surface area contributed by atoms with Gasteiger partial charge in [-0.3, -0.25) is 4.79 Å². The lowest BCUT2D eigenvalue weighted by molar-refractivity contribution is -0.115. The zero-order valence-corrected chi connectivity index (χ0v) is 10.3. The molecule has 16 heavy (non-hydrogen) atoms. The van der Waals surface area contributed by atoms with Crippen LogP contribution in [-0.2, 0) is 4.79 Å². The van der Waals surface area contributed by atoms with Crippen LogP contribution in [0.2, 0.25) is 0 Å². The van der Waals surface area contributed by atoms with Crippen molar-refractivity contribution in [3.05, 3.63) is 23.8 Å². The number of hydrogen-bond donors (Lipinski definition) is 1. The van der Waals surface area contributed by atoms with Gasteiger partial charge in [0, 0.05) is 12.3 Å². The highest BCUT2D eigenvalue weighted by atomic mass is 35.5. The monoisotopic (exact) mass is 241 g/mol. The van der Waals surface area contributed by atoms with Crippen molar-refractivity contribution in [3.8, 4) is 5.75 Å². The summed E-state index contributed by atoms with van der Waals surface area (Å²) in [5.41, 5.74) is 1.79. The first-order valence-electron chi connectivity index (χ1n) is 5.26. The van der Waals surface area contributed by atoms with Gasteiger partial charge in [0.1, 0.15) is 5.75 Å². The molecule has 1 rings (SSSR count). The molecule has 1 aromatic rings. The van der Waals surface area contributed by atoms with E-state index in [0.29, 0.717) is 30.3 Å². The van der Waals surface area contributed by atoms with Crippen LogP contribution in [-0.4, -0.2) is 18.4 Å². The van der Waals surface area contributed by atoms with Gasteiger partial charge in [0.25, 0.3) is 0 Å². The van der Waals surface area contributed by atoms with Crippen molar-refractivity contribution in [1.29, 1.82) is 0 Å². The predicted octanol–water partition coefficient (Wildman–Crippen LogP) is 2.96. The summed E-state index contributed by atoms with van der Waals surface area (Å²) in [4.78, 5) is 11.4. The molecule has 4 heteroatoms. The second-order valence-corrected chi connectivity index (χ2v) is 3.80. The van der Waals surface area contributed by atoms with Crippen molar-refractivity contribution in [3.63, 3.8) is 0 Å². The number of anilines is 1. The smallest absolute Gasteiger partial charge is 0.225 e. The summed E-state index contributed by atoms with van der Waals surface area (Å²) < 4.78 is 5.45. The summed E-state index contributed by atoms with van der Waals surface area (Å²) in [7, 11) is 0. The maximum Gasteiger partial charge on any atom is 0.225 e. The predicted molar refractivity (Wildman–Crippen MR) is 66.3 cm³/mol. The maximum atomic E-state index is 11.4. The molecule has 0 atom stereocenters. The van der Waals surface area contributed by atoms with Gasteiger partial charge in [0.15, 0.2) is 0 Å². The van der Waals surface area contributed by atoms with Crippen LogP contribution in [0.5, 0.6) is 5.75 Å². The van der Waals surface area contributed by atoms with Gasteiger partial charge in [-0.05, 0) is 31.5 Å². The number of carbonyl (C=O) groups is 1. The molecule has 0 spiro atoms. The fraction of sp³-hybridized carbons (Fsp3) is 0.417. The summed E-state index contributed by atoms with van der Waals surface area (Å²) >= 11 is 5.50. The topological polar surface area (TPSA) is 38.3 Å². The molecule has 3 nitrogen and oxygen atoms in total. The molecule has 1 aromatic carbocycles. The minimum Gasteiger partial charge on any atom is -0.492 e. The lowest BCUT2D eigenvalue weighted by atomic mass is 10.2. The molecule has 0 aliphatic rings. The number of benzene rings is 1. The van der Waals surface area contributed by atoms with Crippen molar-refractivity contribution < 1.29 is 9.53 Å². The Morgan fingerprint density at radius 3 is 2.88 bits per heavy atom. The summed E-state index contributed by atoms with van der Waals surface area (Å²) in [6.45, 7) is 4.46. The molecule has 0 aromatic heterocycles. The quantitative estimate of drug-likeness (QED) is 0.805. The van der Waals surface area contributed by atoms with Crippen LogP contribution in [0.25, 0.3) is 0 Å². The van der Waals surface area contributed by atoms with Gasteiger partial charge in [0.05, 0.1) is 12.3 Å². The Labute approximate surface area is 101 Å². The highest BCUT2D eigenvalue weighted by Gasteiger charge is 2.07. The molecule has 0 bridgehead atoms. The Kier molecular flexibility index (Phi) is 5.12. The van der Waals surface area contributed by atoms with E-state index in [9.17, 15) is 4.79 Å². The fourth-order valence-electron chi connectivity index (χ4n) is 1.31. The standard InChI is InChI=1S/C12H16ClNO2/c1-3-16-11-8-9(2)4-5-10(11)14-12(15)6-7-13/h4-5,8H,3,6-7H2,1-2H3,(H,14,15). The molecule has 0 heterocycles. The van der Waals surface area contributed by atoms with Crippen molar-refractivity contribution in [1.82, 2.24) is 0 Å². The Balaban J connectivity index is 2.81. The fourth-order valence-corrected chi connectivity index (χ4v) is 1.48. The first-order valence-corrected chi connectivity index (χ1v) is 5.80. The van der Waals surface area contributed by atoms with Gasteiger partial charge in [-0.2, -0.15) is 0 Å². The second kappa shape index (κ2) is 6.38. The van der Waals surface area contributed by atoms with Crippen molar-refractivity contribution in [2.45, 2.75) is 20.3 Å². The maximum absolute atomic E-state index is 11.4. The zero-order valence-electron chi connectivity index (χ0n) is 9.55. The first kappa shape index (κ1) is 12.8. The number of hydrogen-bond acceptors (Lipinski definition) is 2. The van der Waals surface area contributed by atoms with Crippen LogP contribution < -0.4 is 10.1 Å². The van der Waals surface area contributed by atoms with Gasteiger partial charge in [0.2, 0.25) is 5.91 Å². The number of halogens is 1. The average Bonchev–Trinajstić information content (AvgIpc) is 2.23. The van der Waals surface area contributed by atoms with E-state index in [1.165, 1.54) is 0 Å². The molecule has 0 unspecified atom stereocenters. The van der Waals surface area contributed by atoms with E-state index in [1.807, 2.05) is 32.0 Å². The molecule has 0 saturated carbocycles.